The molecule has 0 spiro atoms. The van der Waals surface area contributed by atoms with Gasteiger partial charge in [-0.2, -0.15) is 0 Å². The van der Waals surface area contributed by atoms with Gasteiger partial charge >= 0.3 is 0 Å². The summed E-state index contributed by atoms with van der Waals surface area (Å²) in [5.41, 5.74) is 1.46. The first kappa shape index (κ1) is 21.4. The monoisotopic (exact) mass is 424 g/mol. The molecule has 0 fully saturated rings. The Morgan fingerprint density at radius 3 is 2.30 bits per heavy atom. The molecule has 2 N–H and O–H groups in total. The number of hydrogen-bond donors (Lipinski definition) is 2. The molecule has 0 heterocycles. The Labute approximate surface area is 177 Å². The highest BCUT2D eigenvalue weighted by molar-refractivity contribution is 7.92. The predicted octanol–water partition coefficient (Wildman–Crippen LogP) is 3.99. The second-order valence-corrected chi connectivity index (χ2v) is 8.60. The molecule has 6 nitrogen and oxygen atoms in total. The number of hydrogen-bond acceptors (Lipinski definition) is 4. The third-order valence-electron chi connectivity index (χ3n) is 4.43. The van der Waals surface area contributed by atoms with E-state index in [0.717, 1.165) is 11.3 Å². The molecule has 0 aromatic heterocycles. The quantitative estimate of drug-likeness (QED) is 0.573. The molecule has 0 aliphatic heterocycles. The molecule has 3 aromatic carbocycles. The summed E-state index contributed by atoms with van der Waals surface area (Å²) in [5, 5.41) is 2.85. The number of aryl methyl sites for hydroxylation is 1. The van der Waals surface area contributed by atoms with E-state index in [1.807, 2.05) is 38.1 Å². The molecule has 3 aromatic rings. The average Bonchev–Trinajstić information content (AvgIpc) is 2.74. The average molecular weight is 425 g/mol. The van der Waals surface area contributed by atoms with Crippen LogP contribution in [-0.2, 0) is 10.0 Å². The molecule has 7 heteroatoms. The van der Waals surface area contributed by atoms with Crippen molar-refractivity contribution >= 4 is 21.6 Å². The fraction of sp³-hybridized carbons (Fsp3) is 0.174. The van der Waals surface area contributed by atoms with Gasteiger partial charge in [-0.05, 0) is 49.7 Å². The van der Waals surface area contributed by atoms with Crippen LogP contribution in [0.1, 0.15) is 22.8 Å². The van der Waals surface area contributed by atoms with Gasteiger partial charge in [0.25, 0.3) is 15.9 Å². The Balaban J connectivity index is 1.69. The fourth-order valence-corrected chi connectivity index (χ4v) is 3.95. The summed E-state index contributed by atoms with van der Waals surface area (Å²) in [6.07, 6.45) is 0. The summed E-state index contributed by atoms with van der Waals surface area (Å²) >= 11 is 0. The molecule has 0 saturated carbocycles. The lowest BCUT2D eigenvalue weighted by Crippen LogP contribution is -2.37. The predicted molar refractivity (Wildman–Crippen MR) is 117 cm³/mol. The van der Waals surface area contributed by atoms with E-state index in [9.17, 15) is 13.2 Å². The number of nitrogens with one attached hydrogen (secondary N) is 2. The Kier molecular flexibility index (Phi) is 6.74. The van der Waals surface area contributed by atoms with Gasteiger partial charge in [0, 0.05) is 0 Å². The van der Waals surface area contributed by atoms with Crippen LogP contribution in [0, 0.1) is 6.92 Å². The van der Waals surface area contributed by atoms with Crippen LogP contribution in [-0.4, -0.2) is 27.0 Å². The summed E-state index contributed by atoms with van der Waals surface area (Å²) in [4.78, 5) is 12.9. The maximum absolute atomic E-state index is 12.8. The minimum absolute atomic E-state index is 0.125. The Morgan fingerprint density at radius 1 is 0.933 bits per heavy atom. The molecule has 0 bridgehead atoms. The van der Waals surface area contributed by atoms with Gasteiger partial charge in [0.15, 0.2) is 0 Å². The van der Waals surface area contributed by atoms with Gasteiger partial charge in [-0.1, -0.05) is 48.5 Å². The van der Waals surface area contributed by atoms with Crippen LogP contribution in [0.5, 0.6) is 5.75 Å². The van der Waals surface area contributed by atoms with Gasteiger partial charge in [0.2, 0.25) is 0 Å². The number of benzene rings is 3. The van der Waals surface area contributed by atoms with Crippen molar-refractivity contribution in [1.82, 2.24) is 5.32 Å². The molecule has 0 saturated heterocycles. The first-order valence-corrected chi connectivity index (χ1v) is 11.0. The number of ether oxygens (including phenoxy) is 1. The van der Waals surface area contributed by atoms with Crippen molar-refractivity contribution in [3.05, 3.63) is 90.0 Å². The number of carbonyl (C=O) groups excluding carboxylic acids is 1. The minimum atomic E-state index is -3.80. The lowest BCUT2D eigenvalue weighted by Gasteiger charge is -2.18. The number of anilines is 1. The lowest BCUT2D eigenvalue weighted by molar-refractivity contribution is 0.0927. The van der Waals surface area contributed by atoms with Crippen molar-refractivity contribution in [2.24, 2.45) is 0 Å². The van der Waals surface area contributed by atoms with Gasteiger partial charge in [-0.25, -0.2) is 8.42 Å². The van der Waals surface area contributed by atoms with Crippen LogP contribution in [0.2, 0.25) is 0 Å². The van der Waals surface area contributed by atoms with Crippen molar-refractivity contribution in [3.8, 4) is 5.75 Å². The van der Waals surface area contributed by atoms with Gasteiger partial charge < -0.3 is 10.1 Å². The highest BCUT2D eigenvalue weighted by Crippen LogP contribution is 2.20. The number of carbonyl (C=O) groups is 1. The zero-order valence-electron chi connectivity index (χ0n) is 16.8. The standard InChI is InChI=1S/C23H24N2O4S/c1-17-10-6-9-15-22(17)29-16-18(2)24-23(26)20-13-7-8-14-21(20)25-30(27,28)19-11-4-3-5-12-19/h3-15,18,25H,16H2,1-2H3,(H,24,26)/t18-/m0/s1. The fourth-order valence-electron chi connectivity index (χ4n) is 2.85. The van der Waals surface area contributed by atoms with Crippen LogP contribution in [0.15, 0.2) is 83.8 Å². The third kappa shape index (κ3) is 5.39. The van der Waals surface area contributed by atoms with Gasteiger partial charge in [-0.3, -0.25) is 9.52 Å². The minimum Gasteiger partial charge on any atom is -0.491 e. The normalized spacial score (nSPS) is 12.1. The van der Waals surface area contributed by atoms with Crippen molar-refractivity contribution in [2.75, 3.05) is 11.3 Å². The van der Waals surface area contributed by atoms with E-state index in [-0.39, 0.29) is 34.7 Å². The molecule has 0 aliphatic rings. The second kappa shape index (κ2) is 9.45. The Hall–Kier alpha value is -3.32. The van der Waals surface area contributed by atoms with Crippen LogP contribution in [0.4, 0.5) is 5.69 Å². The summed E-state index contributed by atoms with van der Waals surface area (Å²) in [6.45, 7) is 4.06. The first-order valence-electron chi connectivity index (χ1n) is 9.53. The van der Waals surface area contributed by atoms with E-state index in [0.29, 0.717) is 0 Å². The second-order valence-electron chi connectivity index (χ2n) is 6.92. The Bertz CT molecular complexity index is 1110. The summed E-state index contributed by atoms with van der Waals surface area (Å²) in [6, 6.07) is 21.9. The van der Waals surface area contributed by atoms with Crippen LogP contribution >= 0.6 is 0 Å². The summed E-state index contributed by atoms with van der Waals surface area (Å²) in [7, 11) is -3.80. The summed E-state index contributed by atoms with van der Waals surface area (Å²) in [5.74, 6) is 0.372. The molecule has 1 amide bonds. The van der Waals surface area contributed by atoms with Gasteiger partial charge in [-0.15, -0.1) is 0 Å². The molecule has 156 valence electrons. The largest absolute Gasteiger partial charge is 0.491 e. The first-order chi connectivity index (χ1) is 14.4. The number of rotatable bonds is 8. The van der Waals surface area contributed by atoms with E-state index < -0.39 is 10.0 Å². The van der Waals surface area contributed by atoms with Crippen LogP contribution < -0.4 is 14.8 Å². The Morgan fingerprint density at radius 2 is 1.57 bits per heavy atom. The highest BCUT2D eigenvalue weighted by Gasteiger charge is 2.19. The van der Waals surface area contributed by atoms with Crippen LogP contribution in [0.3, 0.4) is 0 Å². The van der Waals surface area contributed by atoms with Gasteiger partial charge in [0.05, 0.1) is 22.2 Å². The third-order valence-corrected chi connectivity index (χ3v) is 5.81. The number of amides is 1. The SMILES string of the molecule is Cc1ccccc1OC[C@H](C)NC(=O)c1ccccc1NS(=O)(=O)c1ccccc1. The van der Waals surface area contributed by atoms with E-state index >= 15 is 0 Å². The maximum Gasteiger partial charge on any atom is 0.261 e. The zero-order valence-corrected chi connectivity index (χ0v) is 17.6. The smallest absolute Gasteiger partial charge is 0.261 e. The molecule has 0 radical (unpaired) electrons. The van der Waals surface area contributed by atoms with E-state index in [1.165, 1.54) is 12.1 Å². The molecule has 1 atom stereocenters. The van der Waals surface area contributed by atoms with E-state index in [1.54, 1.807) is 42.5 Å². The van der Waals surface area contributed by atoms with E-state index in [4.69, 9.17) is 4.74 Å². The lowest BCUT2D eigenvalue weighted by atomic mass is 10.1. The summed E-state index contributed by atoms with van der Waals surface area (Å²) < 4.78 is 33.5. The maximum atomic E-state index is 12.8. The number of para-hydroxylation sites is 2. The van der Waals surface area contributed by atoms with Crippen LogP contribution in [0.25, 0.3) is 0 Å². The topological polar surface area (TPSA) is 84.5 Å². The molecule has 3 rings (SSSR count). The molecular weight excluding hydrogens is 400 g/mol. The van der Waals surface area contributed by atoms with Crippen molar-refractivity contribution < 1.29 is 17.9 Å². The van der Waals surface area contributed by atoms with E-state index in [2.05, 4.69) is 10.0 Å². The zero-order chi connectivity index (χ0) is 21.6. The number of sulfonamides is 1. The highest BCUT2D eigenvalue weighted by atomic mass is 32.2. The van der Waals surface area contributed by atoms with Gasteiger partial charge in [0.1, 0.15) is 12.4 Å². The molecule has 30 heavy (non-hydrogen) atoms. The molecular formula is C23H24N2O4S. The molecule has 0 unspecified atom stereocenters. The van der Waals surface area contributed by atoms with Crippen molar-refractivity contribution in [3.63, 3.8) is 0 Å². The molecule has 0 aliphatic carbocycles. The van der Waals surface area contributed by atoms with Crippen molar-refractivity contribution in [1.29, 1.82) is 0 Å². The van der Waals surface area contributed by atoms with Crippen molar-refractivity contribution in [2.45, 2.75) is 24.8 Å².